The molecular formula is C25H28FN3O2. The van der Waals surface area contributed by atoms with Gasteiger partial charge in [0.05, 0.1) is 18.9 Å². The van der Waals surface area contributed by atoms with Crippen molar-refractivity contribution >= 4 is 17.3 Å². The van der Waals surface area contributed by atoms with Gasteiger partial charge in [0.2, 0.25) is 0 Å². The summed E-state index contributed by atoms with van der Waals surface area (Å²) in [4.78, 5) is 15.7. The third-order valence-electron chi connectivity index (χ3n) is 5.94. The van der Waals surface area contributed by atoms with Crippen molar-refractivity contribution in [1.82, 2.24) is 4.57 Å². The molecule has 6 heteroatoms. The molecule has 31 heavy (non-hydrogen) atoms. The minimum Gasteiger partial charge on any atom is -0.378 e. The summed E-state index contributed by atoms with van der Waals surface area (Å²) in [5, 5.41) is 2.88. The van der Waals surface area contributed by atoms with Crippen molar-refractivity contribution in [3.05, 3.63) is 82.4 Å². The second-order valence-corrected chi connectivity index (χ2v) is 7.98. The molecule has 0 bridgehead atoms. The molecule has 1 aromatic heterocycles. The van der Waals surface area contributed by atoms with Crippen LogP contribution in [0, 0.1) is 26.6 Å². The Balaban J connectivity index is 1.77. The molecule has 1 amide bonds. The normalized spacial score (nSPS) is 14.0. The number of rotatable bonds is 5. The number of ether oxygens (including phenoxy) is 1. The lowest BCUT2D eigenvalue weighted by molar-refractivity contribution is 0.101. The summed E-state index contributed by atoms with van der Waals surface area (Å²) >= 11 is 0. The van der Waals surface area contributed by atoms with E-state index in [1.807, 2.05) is 19.1 Å². The van der Waals surface area contributed by atoms with E-state index in [2.05, 4.69) is 40.8 Å². The van der Waals surface area contributed by atoms with Crippen LogP contribution in [-0.4, -0.2) is 36.8 Å². The van der Waals surface area contributed by atoms with Crippen LogP contribution in [0.25, 0.3) is 0 Å². The molecule has 0 spiro atoms. The van der Waals surface area contributed by atoms with Crippen LogP contribution in [0.5, 0.6) is 0 Å². The second-order valence-electron chi connectivity index (χ2n) is 7.98. The minimum atomic E-state index is -0.380. The van der Waals surface area contributed by atoms with Crippen LogP contribution in [-0.2, 0) is 11.3 Å². The van der Waals surface area contributed by atoms with Crippen LogP contribution in [0.2, 0.25) is 0 Å². The fraction of sp³-hybridized carbons (Fsp3) is 0.320. The second kappa shape index (κ2) is 8.94. The van der Waals surface area contributed by atoms with E-state index >= 15 is 0 Å². The average molecular weight is 422 g/mol. The minimum absolute atomic E-state index is 0.237. The summed E-state index contributed by atoms with van der Waals surface area (Å²) in [6.07, 6.45) is 0. The van der Waals surface area contributed by atoms with Gasteiger partial charge in [0.1, 0.15) is 11.5 Å². The van der Waals surface area contributed by atoms with Gasteiger partial charge in [0.25, 0.3) is 5.91 Å². The number of amides is 1. The first kappa shape index (κ1) is 21.1. The summed E-state index contributed by atoms with van der Waals surface area (Å²) in [6.45, 7) is 9.66. The number of carbonyl (C=O) groups is 1. The smallest absolute Gasteiger partial charge is 0.272 e. The Bertz CT molecular complexity index is 1100. The average Bonchev–Trinajstić information content (AvgIpc) is 3.00. The number of carbonyl (C=O) groups excluding carboxylic acids is 1. The Hall–Kier alpha value is -3.12. The zero-order chi connectivity index (χ0) is 22.0. The molecule has 1 aliphatic rings. The molecule has 0 unspecified atom stereocenters. The Morgan fingerprint density at radius 3 is 2.52 bits per heavy atom. The van der Waals surface area contributed by atoms with Crippen molar-refractivity contribution < 1.29 is 13.9 Å². The molecule has 0 aliphatic carbocycles. The van der Waals surface area contributed by atoms with E-state index in [0.29, 0.717) is 31.1 Å². The van der Waals surface area contributed by atoms with Crippen LogP contribution < -0.4 is 10.2 Å². The molecule has 1 saturated heterocycles. The zero-order valence-corrected chi connectivity index (χ0v) is 18.2. The topological polar surface area (TPSA) is 46.5 Å². The Kier molecular flexibility index (Phi) is 6.09. The van der Waals surface area contributed by atoms with Crippen LogP contribution in [0.3, 0.4) is 0 Å². The van der Waals surface area contributed by atoms with Gasteiger partial charge in [-0.25, -0.2) is 4.39 Å². The van der Waals surface area contributed by atoms with E-state index in [0.717, 1.165) is 35.6 Å². The number of halogens is 1. The van der Waals surface area contributed by atoms with E-state index in [1.54, 1.807) is 12.1 Å². The fourth-order valence-corrected chi connectivity index (χ4v) is 4.34. The van der Waals surface area contributed by atoms with E-state index < -0.39 is 0 Å². The van der Waals surface area contributed by atoms with E-state index in [9.17, 15) is 9.18 Å². The SMILES string of the molecule is Cc1ccccc1Cn1c(C)c(N2CCOCC2)c(C)c1C(=O)Nc1cccc(F)c1. The van der Waals surface area contributed by atoms with Gasteiger partial charge in [-0.2, -0.15) is 0 Å². The molecule has 2 heterocycles. The summed E-state index contributed by atoms with van der Waals surface area (Å²) in [5.74, 6) is -0.616. The van der Waals surface area contributed by atoms with Gasteiger partial charge in [-0.05, 0) is 50.1 Å². The number of hydrogen-bond donors (Lipinski definition) is 1. The van der Waals surface area contributed by atoms with Crippen molar-refractivity contribution in [3.8, 4) is 0 Å². The lowest BCUT2D eigenvalue weighted by atomic mass is 10.1. The predicted molar refractivity (Wildman–Crippen MR) is 122 cm³/mol. The maximum Gasteiger partial charge on any atom is 0.272 e. The van der Waals surface area contributed by atoms with Crippen molar-refractivity contribution in [2.24, 2.45) is 0 Å². The third-order valence-corrected chi connectivity index (χ3v) is 5.94. The van der Waals surface area contributed by atoms with Gasteiger partial charge in [-0.1, -0.05) is 30.3 Å². The van der Waals surface area contributed by atoms with Gasteiger partial charge in [-0.15, -0.1) is 0 Å². The Morgan fingerprint density at radius 1 is 1.06 bits per heavy atom. The lowest BCUT2D eigenvalue weighted by Gasteiger charge is -2.29. The van der Waals surface area contributed by atoms with Crippen LogP contribution >= 0.6 is 0 Å². The highest BCUT2D eigenvalue weighted by atomic mass is 19.1. The quantitative estimate of drug-likeness (QED) is 0.650. The largest absolute Gasteiger partial charge is 0.378 e. The third kappa shape index (κ3) is 4.35. The lowest BCUT2D eigenvalue weighted by Crippen LogP contribution is -2.36. The number of nitrogens with one attached hydrogen (secondary N) is 1. The molecule has 2 aromatic carbocycles. The first-order valence-corrected chi connectivity index (χ1v) is 10.6. The molecule has 1 aliphatic heterocycles. The van der Waals surface area contributed by atoms with Crippen molar-refractivity contribution in [1.29, 1.82) is 0 Å². The molecule has 1 fully saturated rings. The van der Waals surface area contributed by atoms with Crippen molar-refractivity contribution in [3.63, 3.8) is 0 Å². The van der Waals surface area contributed by atoms with Crippen molar-refractivity contribution in [2.75, 3.05) is 36.5 Å². The highest BCUT2D eigenvalue weighted by molar-refractivity contribution is 6.05. The maximum absolute atomic E-state index is 13.6. The fourth-order valence-electron chi connectivity index (χ4n) is 4.34. The first-order chi connectivity index (χ1) is 15.0. The molecule has 5 nitrogen and oxygen atoms in total. The number of nitrogens with zero attached hydrogens (tertiary/aromatic N) is 2. The molecule has 0 atom stereocenters. The maximum atomic E-state index is 13.6. The number of benzene rings is 2. The van der Waals surface area contributed by atoms with Crippen molar-refractivity contribution in [2.45, 2.75) is 27.3 Å². The van der Waals surface area contributed by atoms with Crippen LogP contribution in [0.4, 0.5) is 15.8 Å². The van der Waals surface area contributed by atoms with Crippen LogP contribution in [0.1, 0.15) is 32.9 Å². The Labute approximate surface area is 182 Å². The Morgan fingerprint density at radius 2 is 1.81 bits per heavy atom. The van der Waals surface area contributed by atoms with Gasteiger partial charge in [0.15, 0.2) is 0 Å². The molecule has 1 N–H and O–H groups in total. The standard InChI is InChI=1S/C25H28FN3O2/c1-17-7-4-5-8-20(17)16-29-19(3)23(28-11-13-31-14-12-28)18(2)24(29)25(30)27-22-10-6-9-21(26)15-22/h4-10,15H,11-14,16H2,1-3H3,(H,27,30). The first-order valence-electron chi connectivity index (χ1n) is 10.6. The van der Waals surface area contributed by atoms with Crippen LogP contribution in [0.15, 0.2) is 48.5 Å². The summed E-state index contributed by atoms with van der Waals surface area (Å²) < 4.78 is 21.3. The zero-order valence-electron chi connectivity index (χ0n) is 18.2. The monoisotopic (exact) mass is 421 g/mol. The van der Waals surface area contributed by atoms with E-state index in [-0.39, 0.29) is 11.7 Å². The summed E-state index contributed by atoms with van der Waals surface area (Å²) in [5.41, 5.74) is 6.45. The molecule has 162 valence electrons. The number of anilines is 2. The van der Waals surface area contributed by atoms with E-state index in [1.165, 1.54) is 17.7 Å². The molecule has 3 aromatic rings. The molecule has 4 rings (SSSR count). The number of morpholine rings is 1. The predicted octanol–water partition coefficient (Wildman–Crippen LogP) is 4.69. The van der Waals surface area contributed by atoms with Gasteiger partial charge >= 0.3 is 0 Å². The molecule has 0 radical (unpaired) electrons. The van der Waals surface area contributed by atoms with Gasteiger partial charge < -0.3 is 19.5 Å². The van der Waals surface area contributed by atoms with Gasteiger partial charge in [-0.3, -0.25) is 4.79 Å². The summed E-state index contributed by atoms with van der Waals surface area (Å²) in [6, 6.07) is 14.2. The highest BCUT2D eigenvalue weighted by Crippen LogP contribution is 2.33. The highest BCUT2D eigenvalue weighted by Gasteiger charge is 2.27. The number of hydrogen-bond acceptors (Lipinski definition) is 3. The molecule has 0 saturated carbocycles. The van der Waals surface area contributed by atoms with E-state index in [4.69, 9.17) is 4.74 Å². The molecular weight excluding hydrogens is 393 g/mol. The van der Waals surface area contributed by atoms with Gasteiger partial charge in [0, 0.05) is 36.6 Å². The number of aryl methyl sites for hydroxylation is 1. The summed E-state index contributed by atoms with van der Waals surface area (Å²) in [7, 11) is 0. The number of aromatic nitrogens is 1.